The predicted octanol–water partition coefficient (Wildman–Crippen LogP) is 4.35. The lowest BCUT2D eigenvalue weighted by atomic mass is 10.1. The number of aldehydes is 1. The van der Waals surface area contributed by atoms with Crippen molar-refractivity contribution in [2.45, 2.75) is 6.18 Å². The van der Waals surface area contributed by atoms with Crippen LogP contribution >= 0.6 is 11.6 Å². The van der Waals surface area contributed by atoms with Crippen LogP contribution in [0.3, 0.4) is 0 Å². The number of alkyl halides is 3. The van der Waals surface area contributed by atoms with Gasteiger partial charge in [0.25, 0.3) is 0 Å². The van der Waals surface area contributed by atoms with E-state index >= 15 is 0 Å². The van der Waals surface area contributed by atoms with Crippen LogP contribution in [0, 0.1) is 0 Å². The van der Waals surface area contributed by atoms with Gasteiger partial charge in [-0.1, -0.05) is 11.6 Å². The first-order valence-electron chi connectivity index (χ1n) is 5.43. The molecular weight excluding hydrogens is 297 g/mol. The highest BCUT2D eigenvalue weighted by Crippen LogP contribution is 2.32. The van der Waals surface area contributed by atoms with E-state index in [4.69, 9.17) is 16.0 Å². The van der Waals surface area contributed by atoms with Crippen molar-refractivity contribution in [3.63, 3.8) is 0 Å². The van der Waals surface area contributed by atoms with Gasteiger partial charge in [-0.15, -0.1) is 0 Å². The Labute approximate surface area is 116 Å². The number of hydrogen-bond acceptors (Lipinski definition) is 3. The SMILES string of the molecule is O=Cc1ccc(-c2ccc(OCC(F)(F)F)c(Cl)c2)o1. The Morgan fingerprint density at radius 2 is 2.00 bits per heavy atom. The zero-order chi connectivity index (χ0) is 14.8. The van der Waals surface area contributed by atoms with E-state index in [2.05, 4.69) is 4.74 Å². The Balaban J connectivity index is 2.19. The molecule has 0 aliphatic rings. The van der Waals surface area contributed by atoms with Gasteiger partial charge in [0.15, 0.2) is 18.7 Å². The van der Waals surface area contributed by atoms with Gasteiger partial charge in [0.1, 0.15) is 11.5 Å². The molecule has 0 saturated carbocycles. The number of carbonyl (C=O) groups is 1. The summed E-state index contributed by atoms with van der Waals surface area (Å²) in [6.45, 7) is -1.41. The highest BCUT2D eigenvalue weighted by molar-refractivity contribution is 6.32. The number of hydrogen-bond donors (Lipinski definition) is 0. The van der Waals surface area contributed by atoms with Crippen molar-refractivity contribution in [2.24, 2.45) is 0 Å². The highest BCUT2D eigenvalue weighted by Gasteiger charge is 2.28. The van der Waals surface area contributed by atoms with Gasteiger partial charge in [0.05, 0.1) is 5.02 Å². The molecule has 0 aliphatic carbocycles. The molecule has 20 heavy (non-hydrogen) atoms. The number of ether oxygens (including phenoxy) is 1. The largest absolute Gasteiger partial charge is 0.483 e. The maximum atomic E-state index is 12.0. The number of carbonyl (C=O) groups excluding carboxylic acids is 1. The normalized spacial score (nSPS) is 11.4. The van der Waals surface area contributed by atoms with Crippen LogP contribution in [0.1, 0.15) is 10.6 Å². The molecule has 0 amide bonds. The predicted molar refractivity (Wildman–Crippen MR) is 66.1 cm³/mol. The van der Waals surface area contributed by atoms with Crippen LogP contribution in [-0.2, 0) is 0 Å². The lowest BCUT2D eigenvalue weighted by molar-refractivity contribution is -0.153. The van der Waals surface area contributed by atoms with Crippen molar-refractivity contribution in [1.82, 2.24) is 0 Å². The molecule has 0 saturated heterocycles. The van der Waals surface area contributed by atoms with Gasteiger partial charge >= 0.3 is 6.18 Å². The maximum absolute atomic E-state index is 12.0. The quantitative estimate of drug-likeness (QED) is 0.788. The van der Waals surface area contributed by atoms with Crippen LogP contribution in [0.4, 0.5) is 13.2 Å². The third-order valence-electron chi connectivity index (χ3n) is 2.35. The molecule has 0 spiro atoms. The zero-order valence-electron chi connectivity index (χ0n) is 9.91. The number of rotatable bonds is 4. The summed E-state index contributed by atoms with van der Waals surface area (Å²) in [5, 5.41) is 0.0239. The van der Waals surface area contributed by atoms with Gasteiger partial charge in [-0.2, -0.15) is 13.2 Å². The average Bonchev–Trinajstić information content (AvgIpc) is 2.85. The molecule has 1 aromatic heterocycles. The molecule has 0 unspecified atom stereocenters. The van der Waals surface area contributed by atoms with E-state index < -0.39 is 12.8 Å². The molecule has 0 radical (unpaired) electrons. The molecule has 1 heterocycles. The van der Waals surface area contributed by atoms with E-state index in [1.54, 1.807) is 6.07 Å². The topological polar surface area (TPSA) is 39.4 Å². The van der Waals surface area contributed by atoms with Crippen LogP contribution in [-0.4, -0.2) is 19.1 Å². The average molecular weight is 305 g/mol. The second kappa shape index (κ2) is 5.58. The van der Waals surface area contributed by atoms with Gasteiger partial charge in [0, 0.05) is 5.56 Å². The summed E-state index contributed by atoms with van der Waals surface area (Å²) in [6, 6.07) is 7.24. The summed E-state index contributed by atoms with van der Waals surface area (Å²) in [6.07, 6.45) is -3.88. The second-order valence-electron chi connectivity index (χ2n) is 3.87. The van der Waals surface area contributed by atoms with Crippen molar-refractivity contribution >= 4 is 17.9 Å². The minimum atomic E-state index is -4.43. The van der Waals surface area contributed by atoms with Crippen LogP contribution in [0.2, 0.25) is 5.02 Å². The summed E-state index contributed by atoms with van der Waals surface area (Å²) >= 11 is 5.85. The van der Waals surface area contributed by atoms with Crippen LogP contribution in [0.5, 0.6) is 5.75 Å². The first-order valence-corrected chi connectivity index (χ1v) is 5.81. The summed E-state index contributed by atoms with van der Waals surface area (Å²) in [7, 11) is 0. The number of furan rings is 1. The molecule has 0 bridgehead atoms. The summed E-state index contributed by atoms with van der Waals surface area (Å²) < 4.78 is 45.9. The van der Waals surface area contributed by atoms with E-state index in [0.29, 0.717) is 17.6 Å². The summed E-state index contributed by atoms with van der Waals surface area (Å²) in [4.78, 5) is 10.5. The molecule has 0 atom stereocenters. The van der Waals surface area contributed by atoms with Crippen molar-refractivity contribution in [2.75, 3.05) is 6.61 Å². The van der Waals surface area contributed by atoms with Crippen molar-refractivity contribution < 1.29 is 27.1 Å². The van der Waals surface area contributed by atoms with Gasteiger partial charge in [-0.25, -0.2) is 0 Å². The first kappa shape index (κ1) is 14.5. The van der Waals surface area contributed by atoms with Crippen molar-refractivity contribution in [3.8, 4) is 17.1 Å². The van der Waals surface area contributed by atoms with Crippen molar-refractivity contribution in [3.05, 3.63) is 41.1 Å². The Morgan fingerprint density at radius 3 is 2.55 bits per heavy atom. The summed E-state index contributed by atoms with van der Waals surface area (Å²) in [5.41, 5.74) is 0.530. The van der Waals surface area contributed by atoms with E-state index in [9.17, 15) is 18.0 Å². The third kappa shape index (κ3) is 3.54. The monoisotopic (exact) mass is 304 g/mol. The number of halogens is 4. The third-order valence-corrected chi connectivity index (χ3v) is 2.65. The van der Waals surface area contributed by atoms with Crippen LogP contribution in [0.25, 0.3) is 11.3 Å². The second-order valence-corrected chi connectivity index (χ2v) is 4.28. The maximum Gasteiger partial charge on any atom is 0.422 e. The van der Waals surface area contributed by atoms with E-state index in [-0.39, 0.29) is 16.5 Å². The smallest absolute Gasteiger partial charge is 0.422 e. The van der Waals surface area contributed by atoms with Gasteiger partial charge in [-0.05, 0) is 30.3 Å². The molecule has 106 valence electrons. The fraction of sp³-hybridized carbons (Fsp3) is 0.154. The van der Waals surface area contributed by atoms with Crippen molar-refractivity contribution in [1.29, 1.82) is 0 Å². The van der Waals surface area contributed by atoms with Gasteiger partial charge in [-0.3, -0.25) is 4.79 Å². The Morgan fingerprint density at radius 1 is 1.25 bits per heavy atom. The Kier molecular flexibility index (Phi) is 4.04. The molecule has 2 rings (SSSR count). The van der Waals surface area contributed by atoms with E-state index in [1.165, 1.54) is 24.3 Å². The molecule has 7 heteroatoms. The van der Waals surface area contributed by atoms with Crippen LogP contribution < -0.4 is 4.74 Å². The minimum absolute atomic E-state index is 0.0239. The summed E-state index contributed by atoms with van der Waals surface area (Å²) in [5.74, 6) is 0.458. The first-order chi connectivity index (χ1) is 9.39. The number of benzene rings is 1. The molecule has 0 aliphatic heterocycles. The van der Waals surface area contributed by atoms with Gasteiger partial charge < -0.3 is 9.15 Å². The highest BCUT2D eigenvalue weighted by atomic mass is 35.5. The molecule has 1 aromatic carbocycles. The standard InChI is InChI=1S/C13H8ClF3O3/c14-10-5-8(11-4-2-9(6-18)20-11)1-3-12(10)19-7-13(15,16)17/h1-6H,7H2. The lowest BCUT2D eigenvalue weighted by Gasteiger charge is -2.10. The molecule has 0 N–H and O–H groups in total. The molecule has 2 aromatic rings. The Hall–Kier alpha value is -1.95. The minimum Gasteiger partial charge on any atom is -0.483 e. The van der Waals surface area contributed by atoms with Gasteiger partial charge in [0.2, 0.25) is 0 Å². The molecule has 0 fully saturated rings. The molecular formula is C13H8ClF3O3. The van der Waals surface area contributed by atoms with Crippen LogP contribution in [0.15, 0.2) is 34.7 Å². The fourth-order valence-electron chi connectivity index (χ4n) is 1.50. The van der Waals surface area contributed by atoms with E-state index in [1.807, 2.05) is 0 Å². The zero-order valence-corrected chi connectivity index (χ0v) is 10.7. The fourth-order valence-corrected chi connectivity index (χ4v) is 1.74. The molecule has 3 nitrogen and oxygen atoms in total. The Bertz CT molecular complexity index is 620. The lowest BCUT2D eigenvalue weighted by Crippen LogP contribution is -2.19. The van der Waals surface area contributed by atoms with E-state index in [0.717, 1.165) is 0 Å².